The summed E-state index contributed by atoms with van der Waals surface area (Å²) >= 11 is 1.52. The van der Waals surface area contributed by atoms with E-state index < -0.39 is 12.0 Å². The Bertz CT molecular complexity index is 330. The van der Waals surface area contributed by atoms with Crippen molar-refractivity contribution < 1.29 is 19.4 Å². The summed E-state index contributed by atoms with van der Waals surface area (Å²) in [7, 11) is 0. The molecule has 0 saturated carbocycles. The van der Waals surface area contributed by atoms with Gasteiger partial charge in [-0.15, -0.1) is 11.8 Å². The molecule has 2 fully saturated rings. The summed E-state index contributed by atoms with van der Waals surface area (Å²) in [6.07, 6.45) is 3.33. The molecule has 0 aliphatic carbocycles. The lowest BCUT2D eigenvalue weighted by Gasteiger charge is -2.28. The number of rotatable bonds is 3. The van der Waals surface area contributed by atoms with E-state index in [1.807, 2.05) is 6.92 Å². The topological polar surface area (TPSA) is 66.8 Å². The van der Waals surface area contributed by atoms with Crippen LogP contribution in [0.25, 0.3) is 0 Å². The van der Waals surface area contributed by atoms with Crippen LogP contribution in [0.2, 0.25) is 0 Å². The number of hydrogen-bond donors (Lipinski definition) is 1. The third kappa shape index (κ3) is 2.98. The Kier molecular flexibility index (Phi) is 4.50. The van der Waals surface area contributed by atoms with Gasteiger partial charge in [-0.3, -0.25) is 4.79 Å². The maximum absolute atomic E-state index is 12.2. The SMILES string of the molecule is CC1SCC(C(=O)O)N1C(=O)CC1CCCCO1. The highest BCUT2D eigenvalue weighted by atomic mass is 32.2. The summed E-state index contributed by atoms with van der Waals surface area (Å²) in [5.74, 6) is -0.523. The molecule has 1 N–H and O–H groups in total. The molecule has 1 amide bonds. The van der Waals surface area contributed by atoms with Crippen LogP contribution in [0.3, 0.4) is 0 Å². The second-order valence-corrected chi connectivity index (χ2v) is 6.13. The highest BCUT2D eigenvalue weighted by Gasteiger charge is 2.39. The molecule has 18 heavy (non-hydrogen) atoms. The third-order valence-electron chi connectivity index (χ3n) is 3.47. The van der Waals surface area contributed by atoms with E-state index in [1.54, 1.807) is 0 Å². The van der Waals surface area contributed by atoms with Gasteiger partial charge in [-0.2, -0.15) is 0 Å². The number of carbonyl (C=O) groups excluding carboxylic acids is 1. The van der Waals surface area contributed by atoms with Crippen molar-refractivity contribution in [3.63, 3.8) is 0 Å². The van der Waals surface area contributed by atoms with Gasteiger partial charge in [0.1, 0.15) is 6.04 Å². The second kappa shape index (κ2) is 5.93. The molecule has 0 aromatic heterocycles. The summed E-state index contributed by atoms with van der Waals surface area (Å²) in [5.41, 5.74) is 0. The molecule has 2 heterocycles. The zero-order valence-corrected chi connectivity index (χ0v) is 11.3. The minimum absolute atomic E-state index is 0.0292. The fourth-order valence-corrected chi connectivity index (χ4v) is 3.67. The Morgan fingerprint density at radius 3 is 2.83 bits per heavy atom. The highest BCUT2D eigenvalue weighted by molar-refractivity contribution is 8.00. The van der Waals surface area contributed by atoms with Gasteiger partial charge in [-0.25, -0.2) is 4.79 Å². The molecule has 0 radical (unpaired) electrons. The fraction of sp³-hybridized carbons (Fsp3) is 0.833. The standard InChI is InChI=1S/C12H19NO4S/c1-8-13(10(7-18-8)12(15)16)11(14)6-9-4-2-3-5-17-9/h8-10H,2-7H2,1H3,(H,15,16). The number of thioether (sulfide) groups is 1. The van der Waals surface area contributed by atoms with Gasteiger partial charge >= 0.3 is 5.97 Å². The van der Waals surface area contributed by atoms with Crippen molar-refractivity contribution in [1.29, 1.82) is 0 Å². The zero-order valence-electron chi connectivity index (χ0n) is 10.5. The third-order valence-corrected chi connectivity index (χ3v) is 4.69. The van der Waals surface area contributed by atoms with Crippen LogP contribution in [0.1, 0.15) is 32.6 Å². The van der Waals surface area contributed by atoms with Crippen molar-refractivity contribution >= 4 is 23.6 Å². The summed E-state index contributed by atoms with van der Waals surface area (Å²) < 4.78 is 5.54. The molecule has 2 aliphatic rings. The van der Waals surface area contributed by atoms with E-state index in [4.69, 9.17) is 9.84 Å². The summed E-state index contributed by atoms with van der Waals surface area (Å²) in [6, 6.07) is -0.680. The zero-order chi connectivity index (χ0) is 13.1. The van der Waals surface area contributed by atoms with E-state index in [-0.39, 0.29) is 17.4 Å². The summed E-state index contributed by atoms with van der Waals surface area (Å²) in [5, 5.41) is 9.06. The van der Waals surface area contributed by atoms with Gasteiger partial charge < -0.3 is 14.7 Å². The molecule has 102 valence electrons. The molecule has 3 atom stereocenters. The van der Waals surface area contributed by atoms with Gasteiger partial charge in [0.25, 0.3) is 0 Å². The van der Waals surface area contributed by atoms with Crippen LogP contribution in [-0.4, -0.2) is 51.8 Å². The van der Waals surface area contributed by atoms with Crippen molar-refractivity contribution in [2.24, 2.45) is 0 Å². The Balaban J connectivity index is 1.95. The molecule has 0 spiro atoms. The van der Waals surface area contributed by atoms with Crippen molar-refractivity contribution in [2.75, 3.05) is 12.4 Å². The monoisotopic (exact) mass is 273 g/mol. The first-order valence-corrected chi connectivity index (χ1v) is 7.41. The maximum Gasteiger partial charge on any atom is 0.327 e. The van der Waals surface area contributed by atoms with Crippen LogP contribution in [0.15, 0.2) is 0 Å². The van der Waals surface area contributed by atoms with E-state index in [9.17, 15) is 9.59 Å². The molecule has 5 nitrogen and oxygen atoms in total. The second-order valence-electron chi connectivity index (χ2n) is 4.78. The summed E-state index contributed by atoms with van der Waals surface area (Å²) in [6.45, 7) is 2.60. The number of ether oxygens (including phenoxy) is 1. The van der Waals surface area contributed by atoms with E-state index in [0.29, 0.717) is 18.8 Å². The number of hydrogen-bond acceptors (Lipinski definition) is 4. The van der Waals surface area contributed by atoms with Crippen LogP contribution in [0.4, 0.5) is 0 Å². The number of carboxylic acids is 1. The smallest absolute Gasteiger partial charge is 0.327 e. The first-order chi connectivity index (χ1) is 8.59. The van der Waals surface area contributed by atoms with E-state index in [2.05, 4.69) is 0 Å². The maximum atomic E-state index is 12.2. The van der Waals surface area contributed by atoms with Crippen LogP contribution in [-0.2, 0) is 14.3 Å². The minimum Gasteiger partial charge on any atom is -0.480 e. The van der Waals surface area contributed by atoms with Gasteiger partial charge in [0.05, 0.1) is 17.9 Å². The van der Waals surface area contributed by atoms with Crippen LogP contribution in [0, 0.1) is 0 Å². The number of nitrogens with zero attached hydrogens (tertiary/aromatic N) is 1. The number of carbonyl (C=O) groups is 2. The van der Waals surface area contributed by atoms with Gasteiger partial charge in [0.2, 0.25) is 5.91 Å². The average Bonchev–Trinajstić information content (AvgIpc) is 2.72. The van der Waals surface area contributed by atoms with Crippen molar-refractivity contribution in [1.82, 2.24) is 4.90 Å². The van der Waals surface area contributed by atoms with Crippen molar-refractivity contribution in [2.45, 2.75) is 50.1 Å². The van der Waals surface area contributed by atoms with Gasteiger partial charge in [0.15, 0.2) is 0 Å². The minimum atomic E-state index is -0.912. The molecule has 2 aliphatic heterocycles. The summed E-state index contributed by atoms with van der Waals surface area (Å²) in [4.78, 5) is 24.8. The Hall–Kier alpha value is -0.750. The van der Waals surface area contributed by atoms with Gasteiger partial charge in [0, 0.05) is 12.4 Å². The van der Waals surface area contributed by atoms with Crippen molar-refractivity contribution in [3.05, 3.63) is 0 Å². The number of amides is 1. The highest BCUT2D eigenvalue weighted by Crippen LogP contribution is 2.30. The molecule has 3 unspecified atom stereocenters. The van der Waals surface area contributed by atoms with E-state index in [0.717, 1.165) is 19.3 Å². The lowest BCUT2D eigenvalue weighted by molar-refractivity contribution is -0.150. The lowest BCUT2D eigenvalue weighted by atomic mass is 10.1. The normalized spacial score (nSPS) is 32.5. The molecule has 2 saturated heterocycles. The molecule has 2 rings (SSSR count). The lowest BCUT2D eigenvalue weighted by Crippen LogP contribution is -2.46. The predicted molar refractivity (Wildman–Crippen MR) is 68.4 cm³/mol. The Morgan fingerprint density at radius 1 is 1.44 bits per heavy atom. The number of carboxylic acid groups (broad SMARTS) is 1. The fourth-order valence-electron chi connectivity index (χ4n) is 2.48. The van der Waals surface area contributed by atoms with E-state index >= 15 is 0 Å². The predicted octanol–water partition coefficient (Wildman–Crippen LogP) is 1.32. The molecule has 0 aromatic carbocycles. The average molecular weight is 273 g/mol. The molecular formula is C12H19NO4S. The van der Waals surface area contributed by atoms with Gasteiger partial charge in [-0.05, 0) is 26.2 Å². The quantitative estimate of drug-likeness (QED) is 0.840. The molecule has 6 heteroatoms. The van der Waals surface area contributed by atoms with Crippen LogP contribution < -0.4 is 0 Å². The van der Waals surface area contributed by atoms with E-state index in [1.165, 1.54) is 16.7 Å². The Labute approximate surface area is 111 Å². The molecular weight excluding hydrogens is 254 g/mol. The first-order valence-electron chi connectivity index (χ1n) is 6.36. The number of aliphatic carboxylic acids is 1. The van der Waals surface area contributed by atoms with Crippen LogP contribution in [0.5, 0.6) is 0 Å². The largest absolute Gasteiger partial charge is 0.480 e. The molecule has 0 bridgehead atoms. The molecule has 0 aromatic rings. The first kappa shape index (κ1) is 13.7. The Morgan fingerprint density at radius 2 is 2.22 bits per heavy atom. The van der Waals surface area contributed by atoms with Gasteiger partial charge in [-0.1, -0.05) is 0 Å². The van der Waals surface area contributed by atoms with Crippen LogP contribution >= 0.6 is 11.8 Å². The van der Waals surface area contributed by atoms with Crippen molar-refractivity contribution in [3.8, 4) is 0 Å².